The van der Waals surface area contributed by atoms with Crippen LogP contribution in [-0.2, 0) is 20.1 Å². The van der Waals surface area contributed by atoms with Gasteiger partial charge in [0.1, 0.15) is 12.4 Å². The molecule has 2 N–H and O–H groups in total. The molecular weight excluding hydrogens is 350 g/mol. The standard InChI is InChI=1S/C16H21N9O2/c1-23-12(9-25-7-3-5-18-25)20-21-16(23)11-4-2-6-24(8-11)10-13-19-15(14(17)26)22-27-13/h3,5,7,11H,2,4,6,8-10H2,1H3,(H2,17,26)/t11-/m1/s1. The van der Waals surface area contributed by atoms with Gasteiger partial charge in [0.15, 0.2) is 5.82 Å². The topological polar surface area (TPSA) is 134 Å². The number of nitrogens with two attached hydrogens (primary N) is 1. The van der Waals surface area contributed by atoms with Crippen molar-refractivity contribution in [1.82, 2.24) is 39.6 Å². The zero-order chi connectivity index (χ0) is 18.8. The lowest BCUT2D eigenvalue weighted by Crippen LogP contribution is -2.35. The van der Waals surface area contributed by atoms with Crippen molar-refractivity contribution in [2.75, 3.05) is 13.1 Å². The van der Waals surface area contributed by atoms with Crippen LogP contribution in [0.1, 0.15) is 46.9 Å². The van der Waals surface area contributed by atoms with Gasteiger partial charge in [-0.3, -0.25) is 14.4 Å². The number of nitrogens with zero attached hydrogens (tertiary/aromatic N) is 8. The molecule has 1 aliphatic rings. The Morgan fingerprint density at radius 2 is 2.26 bits per heavy atom. The van der Waals surface area contributed by atoms with Crippen LogP contribution in [0.4, 0.5) is 0 Å². The fourth-order valence-electron chi connectivity index (χ4n) is 3.43. The van der Waals surface area contributed by atoms with Gasteiger partial charge in [-0.2, -0.15) is 10.1 Å². The lowest BCUT2D eigenvalue weighted by molar-refractivity contribution is 0.0987. The fourth-order valence-corrected chi connectivity index (χ4v) is 3.43. The Balaban J connectivity index is 1.43. The Morgan fingerprint density at radius 3 is 3.00 bits per heavy atom. The number of carbonyl (C=O) groups is 1. The van der Waals surface area contributed by atoms with Crippen molar-refractivity contribution < 1.29 is 9.32 Å². The summed E-state index contributed by atoms with van der Waals surface area (Å²) in [4.78, 5) is 17.3. The molecule has 0 aromatic carbocycles. The van der Waals surface area contributed by atoms with Crippen LogP contribution < -0.4 is 5.73 Å². The number of hydrogen-bond donors (Lipinski definition) is 1. The molecule has 3 aromatic heterocycles. The summed E-state index contributed by atoms with van der Waals surface area (Å²) in [5, 5.41) is 16.6. The molecule has 27 heavy (non-hydrogen) atoms. The average Bonchev–Trinajstić information content (AvgIpc) is 3.39. The highest BCUT2D eigenvalue weighted by atomic mass is 16.5. The first-order valence-corrected chi connectivity index (χ1v) is 8.80. The second-order valence-electron chi connectivity index (χ2n) is 6.69. The van der Waals surface area contributed by atoms with Gasteiger partial charge >= 0.3 is 0 Å². The van der Waals surface area contributed by atoms with Crippen molar-refractivity contribution >= 4 is 5.91 Å². The lowest BCUT2D eigenvalue weighted by Gasteiger charge is -2.31. The fraction of sp³-hybridized carbons (Fsp3) is 0.500. The summed E-state index contributed by atoms with van der Waals surface area (Å²) >= 11 is 0. The number of aromatic nitrogens is 7. The van der Waals surface area contributed by atoms with E-state index in [1.807, 2.05) is 28.6 Å². The highest BCUT2D eigenvalue weighted by Gasteiger charge is 2.27. The minimum absolute atomic E-state index is 0.0878. The second kappa shape index (κ2) is 7.27. The smallest absolute Gasteiger partial charge is 0.290 e. The molecule has 0 saturated carbocycles. The molecule has 4 heterocycles. The maximum absolute atomic E-state index is 11.1. The van der Waals surface area contributed by atoms with E-state index < -0.39 is 5.91 Å². The molecule has 11 nitrogen and oxygen atoms in total. The van der Waals surface area contributed by atoms with Gasteiger partial charge in [-0.15, -0.1) is 10.2 Å². The molecule has 1 amide bonds. The molecule has 1 aliphatic heterocycles. The van der Waals surface area contributed by atoms with Crippen LogP contribution in [0.15, 0.2) is 23.0 Å². The van der Waals surface area contributed by atoms with Crippen LogP contribution in [0.5, 0.6) is 0 Å². The monoisotopic (exact) mass is 371 g/mol. The van der Waals surface area contributed by atoms with Crippen molar-refractivity contribution in [3.63, 3.8) is 0 Å². The van der Waals surface area contributed by atoms with E-state index in [1.54, 1.807) is 6.20 Å². The molecule has 1 saturated heterocycles. The van der Waals surface area contributed by atoms with Gasteiger partial charge in [0.25, 0.3) is 11.7 Å². The third kappa shape index (κ3) is 3.72. The number of hydrogen-bond acceptors (Lipinski definition) is 8. The summed E-state index contributed by atoms with van der Waals surface area (Å²) < 4.78 is 8.99. The van der Waals surface area contributed by atoms with Gasteiger partial charge in [-0.25, -0.2) is 0 Å². The number of likely N-dealkylation sites (tertiary alicyclic amines) is 1. The molecule has 4 rings (SSSR count). The zero-order valence-corrected chi connectivity index (χ0v) is 15.0. The largest absolute Gasteiger partial charge is 0.363 e. The quantitative estimate of drug-likeness (QED) is 0.636. The summed E-state index contributed by atoms with van der Waals surface area (Å²) in [6.07, 6.45) is 5.72. The van der Waals surface area contributed by atoms with E-state index in [0.29, 0.717) is 19.0 Å². The average molecular weight is 371 g/mol. The predicted molar refractivity (Wildman–Crippen MR) is 92.4 cm³/mol. The van der Waals surface area contributed by atoms with Crippen LogP contribution in [0.25, 0.3) is 0 Å². The first-order valence-electron chi connectivity index (χ1n) is 8.80. The minimum atomic E-state index is -0.690. The molecule has 0 unspecified atom stereocenters. The van der Waals surface area contributed by atoms with Crippen molar-refractivity contribution in [3.05, 3.63) is 41.8 Å². The lowest BCUT2D eigenvalue weighted by atomic mass is 9.97. The highest BCUT2D eigenvalue weighted by molar-refractivity contribution is 5.88. The van der Waals surface area contributed by atoms with E-state index in [4.69, 9.17) is 10.3 Å². The van der Waals surface area contributed by atoms with E-state index in [2.05, 4.69) is 30.3 Å². The number of amides is 1. The Labute approximate surface area is 155 Å². The maximum Gasteiger partial charge on any atom is 0.290 e. The van der Waals surface area contributed by atoms with Crippen molar-refractivity contribution in [2.24, 2.45) is 12.8 Å². The number of carbonyl (C=O) groups excluding carboxylic acids is 1. The van der Waals surface area contributed by atoms with Gasteiger partial charge in [-0.1, -0.05) is 5.16 Å². The van der Waals surface area contributed by atoms with Crippen molar-refractivity contribution in [1.29, 1.82) is 0 Å². The molecule has 0 aliphatic carbocycles. The van der Waals surface area contributed by atoms with Crippen LogP contribution in [0, 0.1) is 0 Å². The number of piperidine rings is 1. The highest BCUT2D eigenvalue weighted by Crippen LogP contribution is 2.26. The summed E-state index contributed by atoms with van der Waals surface area (Å²) in [6.45, 7) is 2.80. The molecule has 1 fully saturated rings. The molecule has 142 valence electrons. The molecular formula is C16H21N9O2. The van der Waals surface area contributed by atoms with Gasteiger partial charge < -0.3 is 14.8 Å². The number of rotatable bonds is 6. The summed E-state index contributed by atoms with van der Waals surface area (Å²) in [6, 6.07) is 1.89. The van der Waals surface area contributed by atoms with E-state index in [1.165, 1.54) is 0 Å². The second-order valence-corrected chi connectivity index (χ2v) is 6.69. The maximum atomic E-state index is 11.1. The number of primary amides is 1. The normalized spacial score (nSPS) is 18.0. The van der Waals surface area contributed by atoms with Gasteiger partial charge in [0.2, 0.25) is 5.89 Å². The van der Waals surface area contributed by atoms with Crippen LogP contribution in [0.2, 0.25) is 0 Å². The Kier molecular flexibility index (Phi) is 4.67. The van der Waals surface area contributed by atoms with E-state index >= 15 is 0 Å². The first kappa shape index (κ1) is 17.3. The SMILES string of the molecule is Cn1c(Cn2cccn2)nnc1[C@@H]1CCCN(Cc2nc(C(N)=O)no2)C1. The van der Waals surface area contributed by atoms with Gasteiger partial charge in [0, 0.05) is 31.9 Å². The predicted octanol–water partition coefficient (Wildman–Crippen LogP) is -0.0786. The van der Waals surface area contributed by atoms with E-state index in [0.717, 1.165) is 37.6 Å². The Bertz CT molecular complexity index is 914. The third-order valence-corrected chi connectivity index (χ3v) is 4.78. The van der Waals surface area contributed by atoms with Gasteiger partial charge in [-0.05, 0) is 25.5 Å². The third-order valence-electron chi connectivity index (χ3n) is 4.78. The molecule has 11 heteroatoms. The zero-order valence-electron chi connectivity index (χ0n) is 15.0. The summed E-state index contributed by atoms with van der Waals surface area (Å²) in [5.41, 5.74) is 5.16. The summed E-state index contributed by atoms with van der Waals surface area (Å²) in [5.74, 6) is 1.71. The molecule has 0 bridgehead atoms. The molecule has 3 aromatic rings. The Morgan fingerprint density at radius 1 is 1.37 bits per heavy atom. The van der Waals surface area contributed by atoms with Crippen LogP contribution in [-0.4, -0.2) is 58.6 Å². The molecule has 1 atom stereocenters. The van der Waals surface area contributed by atoms with Crippen molar-refractivity contribution in [3.8, 4) is 0 Å². The summed E-state index contributed by atoms with van der Waals surface area (Å²) in [7, 11) is 1.99. The van der Waals surface area contributed by atoms with Gasteiger partial charge in [0.05, 0.1) is 6.54 Å². The minimum Gasteiger partial charge on any atom is -0.363 e. The van der Waals surface area contributed by atoms with Crippen LogP contribution in [0.3, 0.4) is 0 Å². The van der Waals surface area contributed by atoms with E-state index in [-0.39, 0.29) is 11.7 Å². The van der Waals surface area contributed by atoms with Crippen LogP contribution >= 0.6 is 0 Å². The van der Waals surface area contributed by atoms with Crippen molar-refractivity contribution in [2.45, 2.75) is 31.8 Å². The van der Waals surface area contributed by atoms with E-state index in [9.17, 15) is 4.79 Å². The molecule has 0 spiro atoms. The first-order chi connectivity index (χ1) is 13.1. The Hall–Kier alpha value is -3.08. The molecule has 0 radical (unpaired) electrons.